The van der Waals surface area contributed by atoms with Crippen LogP contribution >= 0.6 is 11.3 Å². The molecule has 150 valence electrons. The van der Waals surface area contributed by atoms with Gasteiger partial charge < -0.3 is 14.4 Å². The van der Waals surface area contributed by atoms with E-state index in [0.717, 1.165) is 57.3 Å². The molecule has 0 radical (unpaired) electrons. The lowest BCUT2D eigenvalue weighted by Crippen LogP contribution is -2.47. The molecule has 0 amide bonds. The van der Waals surface area contributed by atoms with Gasteiger partial charge in [0.1, 0.15) is 5.01 Å². The Bertz CT molecular complexity index is 822. The van der Waals surface area contributed by atoms with Crippen molar-refractivity contribution < 1.29 is 9.47 Å². The summed E-state index contributed by atoms with van der Waals surface area (Å²) < 4.78 is 11.9. The summed E-state index contributed by atoms with van der Waals surface area (Å²) in [4.78, 5) is 19.0. The molecule has 0 aromatic carbocycles. The van der Waals surface area contributed by atoms with Gasteiger partial charge in [0.25, 0.3) is 0 Å². The van der Waals surface area contributed by atoms with E-state index < -0.39 is 0 Å². The maximum atomic E-state index is 5.98. The van der Waals surface area contributed by atoms with Crippen molar-refractivity contribution in [3.63, 3.8) is 0 Å². The van der Waals surface area contributed by atoms with E-state index in [1.165, 1.54) is 10.7 Å². The van der Waals surface area contributed by atoms with Gasteiger partial charge in [0.2, 0.25) is 5.95 Å². The quantitative estimate of drug-likeness (QED) is 0.781. The summed E-state index contributed by atoms with van der Waals surface area (Å²) in [6, 6.07) is 0. The minimum absolute atomic E-state index is 0.0357. The van der Waals surface area contributed by atoms with Gasteiger partial charge >= 0.3 is 0 Å². The Kier molecular flexibility index (Phi) is 4.82. The molecule has 0 N–H and O–H groups in total. The second-order valence-corrected chi connectivity index (χ2v) is 9.34. The number of likely N-dealkylation sites (tertiary alicyclic amines) is 1. The summed E-state index contributed by atoms with van der Waals surface area (Å²) in [5, 5.41) is 3.22. The van der Waals surface area contributed by atoms with E-state index in [9.17, 15) is 0 Å². The van der Waals surface area contributed by atoms with Gasteiger partial charge in [-0.3, -0.25) is 4.90 Å². The van der Waals surface area contributed by atoms with Crippen LogP contribution < -0.4 is 4.90 Å². The van der Waals surface area contributed by atoms with Crippen LogP contribution in [0.4, 0.5) is 5.95 Å². The lowest BCUT2D eigenvalue weighted by Gasteiger charge is -2.38. The lowest BCUT2D eigenvalue weighted by molar-refractivity contribution is -0.00584. The minimum atomic E-state index is -0.0357. The van der Waals surface area contributed by atoms with Crippen LogP contribution in [0.2, 0.25) is 0 Å². The van der Waals surface area contributed by atoms with E-state index in [4.69, 9.17) is 14.5 Å². The first-order chi connectivity index (χ1) is 13.6. The first-order valence-corrected chi connectivity index (χ1v) is 10.9. The monoisotopic (exact) mass is 401 g/mol. The van der Waals surface area contributed by atoms with Crippen LogP contribution in [-0.4, -0.2) is 64.8 Å². The van der Waals surface area contributed by atoms with E-state index in [0.29, 0.717) is 6.61 Å². The fraction of sp³-hybridized carbons (Fsp3) is 0.650. The first kappa shape index (κ1) is 18.4. The van der Waals surface area contributed by atoms with Gasteiger partial charge in [-0.25, -0.2) is 15.0 Å². The fourth-order valence-electron chi connectivity index (χ4n) is 4.81. The molecule has 1 spiro atoms. The fourth-order valence-corrected chi connectivity index (χ4v) is 5.46. The van der Waals surface area contributed by atoms with Crippen molar-refractivity contribution in [2.75, 3.05) is 37.7 Å². The standard InChI is InChI=1S/C20H27N5O2S/c1-14-8-25(9-15(2)27-14)19-22-7-16-11-26-13-20(18(16)23-19)3-5-24(12-20)10-17-21-4-6-28-17/h4,6-7,14-15H,3,5,8-13H2,1-2H3/t14-,15+,20-/m1/s1. The third-order valence-electron chi connectivity index (χ3n) is 5.97. The smallest absolute Gasteiger partial charge is 0.225 e. The number of nitrogens with zero attached hydrogens (tertiary/aromatic N) is 5. The van der Waals surface area contributed by atoms with Gasteiger partial charge in [0, 0.05) is 43.0 Å². The number of thiazole rings is 1. The highest BCUT2D eigenvalue weighted by atomic mass is 32.1. The number of ether oxygens (including phenoxy) is 2. The first-order valence-electron chi connectivity index (χ1n) is 10.1. The van der Waals surface area contributed by atoms with E-state index in [1.54, 1.807) is 11.3 Å². The van der Waals surface area contributed by atoms with Gasteiger partial charge in [-0.05, 0) is 26.8 Å². The van der Waals surface area contributed by atoms with Crippen LogP contribution in [0.1, 0.15) is 36.5 Å². The summed E-state index contributed by atoms with van der Waals surface area (Å²) in [5.74, 6) is 0.834. The van der Waals surface area contributed by atoms with Crippen molar-refractivity contribution in [3.05, 3.63) is 34.0 Å². The van der Waals surface area contributed by atoms with Gasteiger partial charge in [0.05, 0.1) is 43.1 Å². The zero-order valence-electron chi connectivity index (χ0n) is 16.5. The van der Waals surface area contributed by atoms with Gasteiger partial charge in [-0.2, -0.15) is 0 Å². The van der Waals surface area contributed by atoms with Crippen LogP contribution in [0.25, 0.3) is 0 Å². The van der Waals surface area contributed by atoms with Crippen molar-refractivity contribution >= 4 is 17.3 Å². The molecule has 0 bridgehead atoms. The molecule has 2 saturated heterocycles. The molecule has 2 aromatic rings. The summed E-state index contributed by atoms with van der Waals surface area (Å²) in [6.07, 6.45) is 5.32. The largest absolute Gasteiger partial charge is 0.376 e. The molecule has 0 aliphatic carbocycles. The van der Waals surface area contributed by atoms with Gasteiger partial charge in [-0.1, -0.05) is 0 Å². The van der Waals surface area contributed by atoms with Gasteiger partial charge in [-0.15, -0.1) is 11.3 Å². The van der Waals surface area contributed by atoms with Crippen molar-refractivity contribution in [1.82, 2.24) is 19.9 Å². The molecule has 2 fully saturated rings. The van der Waals surface area contributed by atoms with Crippen LogP contribution in [0.5, 0.6) is 0 Å². The maximum absolute atomic E-state index is 5.98. The number of aromatic nitrogens is 3. The second-order valence-electron chi connectivity index (χ2n) is 8.37. The van der Waals surface area contributed by atoms with Gasteiger partial charge in [0.15, 0.2) is 0 Å². The molecule has 0 unspecified atom stereocenters. The lowest BCUT2D eigenvalue weighted by atomic mass is 9.80. The van der Waals surface area contributed by atoms with Crippen molar-refractivity contribution in [3.8, 4) is 0 Å². The molecule has 5 rings (SSSR count). The van der Waals surface area contributed by atoms with Crippen LogP contribution in [0, 0.1) is 0 Å². The Morgan fingerprint density at radius 3 is 2.89 bits per heavy atom. The predicted molar refractivity (Wildman–Crippen MR) is 108 cm³/mol. The second kappa shape index (κ2) is 7.33. The molecule has 3 atom stereocenters. The molecule has 3 aliphatic rings. The number of hydrogen-bond acceptors (Lipinski definition) is 8. The SMILES string of the molecule is C[C@@H]1CN(c2ncc3c(n2)[C@@]2(CCN(Cc4nccs4)C2)COC3)C[C@H](C)O1. The molecular weight excluding hydrogens is 374 g/mol. The third kappa shape index (κ3) is 3.43. The molecule has 8 heteroatoms. The Balaban J connectivity index is 1.41. The number of fused-ring (bicyclic) bond motifs is 2. The molecule has 3 aliphatic heterocycles. The zero-order chi connectivity index (χ0) is 19.1. The summed E-state index contributed by atoms with van der Waals surface area (Å²) in [5.41, 5.74) is 2.30. The van der Waals surface area contributed by atoms with Crippen molar-refractivity contribution in [2.45, 2.75) is 51.0 Å². The molecule has 28 heavy (non-hydrogen) atoms. The highest BCUT2D eigenvalue weighted by Crippen LogP contribution is 2.40. The summed E-state index contributed by atoms with van der Waals surface area (Å²) in [6.45, 7) is 10.2. The normalized spacial score (nSPS) is 30.7. The molecule has 5 heterocycles. The number of hydrogen-bond donors (Lipinski definition) is 0. The van der Waals surface area contributed by atoms with E-state index in [2.05, 4.69) is 33.6 Å². The highest BCUT2D eigenvalue weighted by Gasteiger charge is 2.45. The topological polar surface area (TPSA) is 63.6 Å². The average molecular weight is 402 g/mol. The Hall–Kier alpha value is -1.61. The predicted octanol–water partition coefficient (Wildman–Crippen LogP) is 2.22. The Labute approximate surface area is 169 Å². The minimum Gasteiger partial charge on any atom is -0.376 e. The van der Waals surface area contributed by atoms with E-state index >= 15 is 0 Å². The van der Waals surface area contributed by atoms with Crippen molar-refractivity contribution in [2.24, 2.45) is 0 Å². The highest BCUT2D eigenvalue weighted by molar-refractivity contribution is 7.09. The van der Waals surface area contributed by atoms with E-state index in [1.807, 2.05) is 17.8 Å². The number of rotatable bonds is 3. The van der Waals surface area contributed by atoms with E-state index in [-0.39, 0.29) is 17.6 Å². The molecule has 7 nitrogen and oxygen atoms in total. The van der Waals surface area contributed by atoms with Crippen molar-refractivity contribution in [1.29, 1.82) is 0 Å². The molecular formula is C20H27N5O2S. The molecule has 2 aromatic heterocycles. The van der Waals surface area contributed by atoms with Crippen LogP contribution in [0.15, 0.2) is 17.8 Å². The average Bonchev–Trinajstić information content (AvgIpc) is 3.32. The van der Waals surface area contributed by atoms with Crippen LogP contribution in [-0.2, 0) is 28.0 Å². The Morgan fingerprint density at radius 1 is 1.25 bits per heavy atom. The Morgan fingerprint density at radius 2 is 2.11 bits per heavy atom. The number of anilines is 1. The van der Waals surface area contributed by atoms with Crippen LogP contribution in [0.3, 0.4) is 0 Å². The molecule has 0 saturated carbocycles. The zero-order valence-corrected chi connectivity index (χ0v) is 17.3. The maximum Gasteiger partial charge on any atom is 0.225 e. The number of morpholine rings is 1. The summed E-state index contributed by atoms with van der Waals surface area (Å²) >= 11 is 1.72. The third-order valence-corrected chi connectivity index (χ3v) is 6.73. The summed E-state index contributed by atoms with van der Waals surface area (Å²) in [7, 11) is 0.